The van der Waals surface area contributed by atoms with Crippen LogP contribution in [0.4, 0.5) is 0 Å². The van der Waals surface area contributed by atoms with Gasteiger partial charge in [-0.15, -0.1) is 0 Å². The largest absolute Gasteiger partial charge is 0.0654 e. The van der Waals surface area contributed by atoms with Gasteiger partial charge in [0.15, 0.2) is 0 Å². The minimum Gasteiger partial charge on any atom is -0.0654 e. The van der Waals surface area contributed by atoms with E-state index in [-0.39, 0.29) is 0 Å². The monoisotopic (exact) mass is 258 g/mol. The Morgan fingerprint density at radius 3 is 2.37 bits per heavy atom. The average Bonchev–Trinajstić information content (AvgIpc) is 2.67. The molecule has 1 aromatic rings. The molecule has 2 rings (SSSR count). The Hall–Kier alpha value is -0.780. The standard InChI is InChI=1S/C19H30/c1-2-3-4-5-6-8-11-17-14-15-18-12-9-7-10-13-19(18)16-17/h14-16H,2-13H2,1H3. The molecule has 0 atom stereocenters. The van der Waals surface area contributed by atoms with Crippen LogP contribution in [-0.4, -0.2) is 0 Å². The first-order valence-electron chi connectivity index (χ1n) is 8.51. The highest BCUT2D eigenvalue weighted by atomic mass is 14.1. The van der Waals surface area contributed by atoms with Gasteiger partial charge in [0, 0.05) is 0 Å². The number of aryl methyl sites for hydroxylation is 3. The molecule has 19 heavy (non-hydrogen) atoms. The van der Waals surface area contributed by atoms with Crippen LogP contribution in [0.5, 0.6) is 0 Å². The summed E-state index contributed by atoms with van der Waals surface area (Å²) in [4.78, 5) is 0. The molecule has 0 heteroatoms. The molecule has 0 saturated carbocycles. The molecule has 0 aliphatic heterocycles. The number of fused-ring (bicyclic) bond motifs is 1. The normalized spacial score (nSPS) is 15.0. The Kier molecular flexibility index (Phi) is 6.47. The van der Waals surface area contributed by atoms with Crippen molar-refractivity contribution >= 4 is 0 Å². The highest BCUT2D eigenvalue weighted by molar-refractivity contribution is 5.33. The molecule has 106 valence electrons. The number of unbranched alkanes of at least 4 members (excludes halogenated alkanes) is 5. The lowest BCUT2D eigenvalue weighted by Crippen LogP contribution is -1.94. The molecule has 0 radical (unpaired) electrons. The summed E-state index contributed by atoms with van der Waals surface area (Å²) in [5.41, 5.74) is 4.86. The molecule has 1 aromatic carbocycles. The quantitative estimate of drug-likeness (QED) is 0.424. The van der Waals surface area contributed by atoms with Crippen LogP contribution in [0, 0.1) is 0 Å². The first-order chi connectivity index (χ1) is 9.40. The third-order valence-corrected chi connectivity index (χ3v) is 4.48. The second-order valence-corrected chi connectivity index (χ2v) is 6.18. The fourth-order valence-electron chi connectivity index (χ4n) is 3.23. The SMILES string of the molecule is CCCCCCCCc1ccc2c(c1)CCCCC2. The summed E-state index contributed by atoms with van der Waals surface area (Å²) in [6.45, 7) is 2.29. The summed E-state index contributed by atoms with van der Waals surface area (Å²) < 4.78 is 0. The maximum atomic E-state index is 2.51. The maximum Gasteiger partial charge on any atom is -0.0276 e. The summed E-state index contributed by atoms with van der Waals surface area (Å²) in [6, 6.07) is 7.30. The van der Waals surface area contributed by atoms with Gasteiger partial charge in [0.2, 0.25) is 0 Å². The Morgan fingerprint density at radius 2 is 1.53 bits per heavy atom. The van der Waals surface area contributed by atoms with Crippen molar-refractivity contribution in [3.8, 4) is 0 Å². The van der Waals surface area contributed by atoms with E-state index < -0.39 is 0 Å². The second kappa shape index (κ2) is 8.40. The molecule has 0 heterocycles. The zero-order valence-electron chi connectivity index (χ0n) is 12.7. The third-order valence-electron chi connectivity index (χ3n) is 4.48. The van der Waals surface area contributed by atoms with Crippen molar-refractivity contribution in [3.05, 3.63) is 34.9 Å². The molecule has 0 saturated heterocycles. The van der Waals surface area contributed by atoms with E-state index in [4.69, 9.17) is 0 Å². The van der Waals surface area contributed by atoms with Gasteiger partial charge in [-0.05, 0) is 55.2 Å². The van der Waals surface area contributed by atoms with Gasteiger partial charge in [0.25, 0.3) is 0 Å². The van der Waals surface area contributed by atoms with Crippen molar-refractivity contribution in [1.82, 2.24) is 0 Å². The van der Waals surface area contributed by atoms with E-state index in [1.54, 1.807) is 16.7 Å². The second-order valence-electron chi connectivity index (χ2n) is 6.18. The van der Waals surface area contributed by atoms with E-state index in [0.29, 0.717) is 0 Å². The van der Waals surface area contributed by atoms with Gasteiger partial charge in [0.1, 0.15) is 0 Å². The minimum absolute atomic E-state index is 1.29. The zero-order chi connectivity index (χ0) is 13.3. The first kappa shape index (κ1) is 14.6. The number of benzene rings is 1. The van der Waals surface area contributed by atoms with Crippen molar-refractivity contribution in [3.63, 3.8) is 0 Å². The van der Waals surface area contributed by atoms with Gasteiger partial charge < -0.3 is 0 Å². The van der Waals surface area contributed by atoms with Gasteiger partial charge in [-0.1, -0.05) is 63.6 Å². The number of hydrogen-bond acceptors (Lipinski definition) is 0. The molecule has 1 aliphatic rings. The molecule has 0 fully saturated rings. The van der Waals surface area contributed by atoms with Crippen LogP contribution in [0.1, 0.15) is 81.4 Å². The minimum atomic E-state index is 1.29. The summed E-state index contributed by atoms with van der Waals surface area (Å²) >= 11 is 0. The molecule has 1 aliphatic carbocycles. The van der Waals surface area contributed by atoms with Crippen LogP contribution in [0.2, 0.25) is 0 Å². The predicted octanol–water partition coefficient (Wildman–Crippen LogP) is 5.86. The Labute approximate surface area is 119 Å². The van der Waals surface area contributed by atoms with Crippen molar-refractivity contribution in [2.24, 2.45) is 0 Å². The topological polar surface area (TPSA) is 0 Å². The summed E-state index contributed by atoms with van der Waals surface area (Å²) in [6.07, 6.45) is 16.5. The lowest BCUT2D eigenvalue weighted by Gasteiger charge is -2.09. The molecule has 0 spiro atoms. The molecule has 0 bridgehead atoms. The molecular formula is C19H30. The summed E-state index contributed by atoms with van der Waals surface area (Å²) in [5, 5.41) is 0. The van der Waals surface area contributed by atoms with Gasteiger partial charge in [-0.2, -0.15) is 0 Å². The van der Waals surface area contributed by atoms with E-state index in [1.807, 2.05) is 0 Å². The predicted molar refractivity (Wildman–Crippen MR) is 84.8 cm³/mol. The fourth-order valence-corrected chi connectivity index (χ4v) is 3.23. The van der Waals surface area contributed by atoms with Gasteiger partial charge >= 0.3 is 0 Å². The van der Waals surface area contributed by atoms with E-state index in [9.17, 15) is 0 Å². The Balaban J connectivity index is 1.76. The molecule has 0 amide bonds. The zero-order valence-corrected chi connectivity index (χ0v) is 12.7. The fraction of sp³-hybridized carbons (Fsp3) is 0.684. The van der Waals surface area contributed by atoms with Crippen molar-refractivity contribution in [2.45, 2.75) is 84.0 Å². The van der Waals surface area contributed by atoms with E-state index in [0.717, 1.165) is 0 Å². The Morgan fingerprint density at radius 1 is 0.789 bits per heavy atom. The van der Waals surface area contributed by atoms with Crippen molar-refractivity contribution in [1.29, 1.82) is 0 Å². The Bertz CT molecular complexity index is 364. The van der Waals surface area contributed by atoms with Crippen LogP contribution < -0.4 is 0 Å². The lowest BCUT2D eigenvalue weighted by molar-refractivity contribution is 0.607. The van der Waals surface area contributed by atoms with Gasteiger partial charge in [0.05, 0.1) is 0 Å². The highest BCUT2D eigenvalue weighted by Crippen LogP contribution is 2.22. The average molecular weight is 258 g/mol. The smallest absolute Gasteiger partial charge is 0.0276 e. The van der Waals surface area contributed by atoms with Crippen LogP contribution in [0.25, 0.3) is 0 Å². The summed E-state index contributed by atoms with van der Waals surface area (Å²) in [7, 11) is 0. The van der Waals surface area contributed by atoms with Crippen LogP contribution in [0.3, 0.4) is 0 Å². The summed E-state index contributed by atoms with van der Waals surface area (Å²) in [5.74, 6) is 0. The van der Waals surface area contributed by atoms with E-state index in [2.05, 4.69) is 25.1 Å². The lowest BCUT2D eigenvalue weighted by atomic mass is 9.97. The van der Waals surface area contributed by atoms with Gasteiger partial charge in [-0.3, -0.25) is 0 Å². The van der Waals surface area contributed by atoms with E-state index >= 15 is 0 Å². The molecule has 0 N–H and O–H groups in total. The highest BCUT2D eigenvalue weighted by Gasteiger charge is 2.08. The van der Waals surface area contributed by atoms with Crippen LogP contribution >= 0.6 is 0 Å². The first-order valence-corrected chi connectivity index (χ1v) is 8.51. The molecular weight excluding hydrogens is 228 g/mol. The number of rotatable bonds is 7. The van der Waals surface area contributed by atoms with Crippen molar-refractivity contribution in [2.75, 3.05) is 0 Å². The van der Waals surface area contributed by atoms with E-state index in [1.165, 1.54) is 77.0 Å². The molecule has 0 nitrogen and oxygen atoms in total. The molecule has 0 aromatic heterocycles. The van der Waals surface area contributed by atoms with Crippen LogP contribution in [0.15, 0.2) is 18.2 Å². The third kappa shape index (κ3) is 5.01. The van der Waals surface area contributed by atoms with Crippen molar-refractivity contribution < 1.29 is 0 Å². The maximum absolute atomic E-state index is 2.51. The number of hydrogen-bond donors (Lipinski definition) is 0. The van der Waals surface area contributed by atoms with Crippen LogP contribution in [-0.2, 0) is 19.3 Å². The van der Waals surface area contributed by atoms with Gasteiger partial charge in [-0.25, -0.2) is 0 Å². The molecule has 0 unspecified atom stereocenters.